The lowest BCUT2D eigenvalue weighted by Gasteiger charge is -2.24. The molecular formula is C24H34N6O5. The molecule has 0 radical (unpaired) electrons. The molecule has 0 saturated carbocycles. The zero-order valence-electron chi connectivity index (χ0n) is 20.8. The number of nitrogens with zero attached hydrogens (tertiary/aromatic N) is 5. The van der Waals surface area contributed by atoms with E-state index < -0.39 is 16.6 Å². The molecule has 1 aliphatic rings. The van der Waals surface area contributed by atoms with E-state index in [4.69, 9.17) is 15.2 Å². The van der Waals surface area contributed by atoms with Crippen LogP contribution in [-0.2, 0) is 22.6 Å². The number of nitrogens with two attached hydrogens (primary N) is 1. The first-order chi connectivity index (χ1) is 16.6. The van der Waals surface area contributed by atoms with Crippen molar-refractivity contribution >= 4 is 23.3 Å². The van der Waals surface area contributed by atoms with Crippen LogP contribution in [-0.4, -0.2) is 59.1 Å². The van der Waals surface area contributed by atoms with Crippen LogP contribution in [0.4, 0.5) is 17.3 Å². The van der Waals surface area contributed by atoms with Crippen LogP contribution in [0.5, 0.6) is 6.01 Å². The van der Waals surface area contributed by atoms with Gasteiger partial charge < -0.3 is 20.1 Å². The summed E-state index contributed by atoms with van der Waals surface area (Å²) in [4.78, 5) is 35.6. The maximum Gasteiger partial charge on any atom is 0.353 e. The number of anilines is 2. The van der Waals surface area contributed by atoms with Crippen LogP contribution >= 0.6 is 0 Å². The summed E-state index contributed by atoms with van der Waals surface area (Å²) in [6.45, 7) is 9.09. The Hall–Kier alpha value is -3.47. The summed E-state index contributed by atoms with van der Waals surface area (Å²) in [5.41, 5.74) is 7.28. The molecule has 1 aromatic carbocycles. The van der Waals surface area contributed by atoms with Crippen molar-refractivity contribution in [2.75, 3.05) is 44.0 Å². The van der Waals surface area contributed by atoms with Crippen molar-refractivity contribution in [2.24, 2.45) is 5.41 Å². The SMILES string of the molecule is COC(=O)CN(Cc1cccc(CN2CCCC2)c1)c1nc(OCC(C)(C)C)nc(N)c1[N+](=O)[O-]. The van der Waals surface area contributed by atoms with E-state index in [9.17, 15) is 14.9 Å². The van der Waals surface area contributed by atoms with Gasteiger partial charge in [-0.2, -0.15) is 9.97 Å². The zero-order chi connectivity index (χ0) is 25.6. The molecule has 2 N–H and O–H groups in total. The Morgan fingerprint density at radius 3 is 2.54 bits per heavy atom. The number of rotatable bonds is 10. The van der Waals surface area contributed by atoms with Crippen molar-refractivity contribution in [3.63, 3.8) is 0 Å². The van der Waals surface area contributed by atoms with Crippen molar-refractivity contribution in [2.45, 2.75) is 46.7 Å². The van der Waals surface area contributed by atoms with Crippen LogP contribution in [0.15, 0.2) is 24.3 Å². The van der Waals surface area contributed by atoms with Crippen LogP contribution in [0.3, 0.4) is 0 Å². The van der Waals surface area contributed by atoms with Crippen molar-refractivity contribution in [1.82, 2.24) is 14.9 Å². The summed E-state index contributed by atoms with van der Waals surface area (Å²) in [5, 5.41) is 11.9. The Kier molecular flexibility index (Phi) is 8.44. The molecule has 0 atom stereocenters. The first-order valence-corrected chi connectivity index (χ1v) is 11.6. The van der Waals surface area contributed by atoms with Gasteiger partial charge in [-0.15, -0.1) is 0 Å². The van der Waals surface area contributed by atoms with Gasteiger partial charge in [0.25, 0.3) is 0 Å². The van der Waals surface area contributed by atoms with Crippen molar-refractivity contribution in [1.29, 1.82) is 0 Å². The molecule has 0 bridgehead atoms. The van der Waals surface area contributed by atoms with Crippen LogP contribution in [0, 0.1) is 15.5 Å². The summed E-state index contributed by atoms with van der Waals surface area (Å²) < 4.78 is 10.5. The molecule has 11 heteroatoms. The van der Waals surface area contributed by atoms with Gasteiger partial charge in [-0.1, -0.05) is 45.0 Å². The molecule has 1 aliphatic heterocycles. The number of nitro groups is 1. The molecule has 190 valence electrons. The third kappa shape index (κ3) is 7.51. The number of hydrogen-bond donors (Lipinski definition) is 1. The van der Waals surface area contributed by atoms with Gasteiger partial charge in [0.1, 0.15) is 6.54 Å². The van der Waals surface area contributed by atoms with E-state index >= 15 is 0 Å². The Labute approximate surface area is 205 Å². The second-order valence-corrected chi connectivity index (χ2v) is 9.91. The average molecular weight is 487 g/mol. The Morgan fingerprint density at radius 1 is 1.23 bits per heavy atom. The van der Waals surface area contributed by atoms with Crippen LogP contribution in [0.25, 0.3) is 0 Å². The molecule has 0 aliphatic carbocycles. The second kappa shape index (κ2) is 11.3. The van der Waals surface area contributed by atoms with Crippen molar-refractivity contribution in [3.8, 4) is 6.01 Å². The number of hydrogen-bond acceptors (Lipinski definition) is 10. The Balaban J connectivity index is 1.96. The number of methoxy groups -OCH3 is 1. The molecule has 11 nitrogen and oxygen atoms in total. The highest BCUT2D eigenvalue weighted by molar-refractivity contribution is 5.78. The fourth-order valence-corrected chi connectivity index (χ4v) is 3.85. The lowest BCUT2D eigenvalue weighted by molar-refractivity contribution is -0.383. The third-order valence-electron chi connectivity index (χ3n) is 5.51. The van der Waals surface area contributed by atoms with E-state index in [-0.39, 0.29) is 42.8 Å². The third-order valence-corrected chi connectivity index (χ3v) is 5.51. The normalized spacial score (nSPS) is 14.1. The van der Waals surface area contributed by atoms with E-state index in [1.54, 1.807) is 0 Å². The molecule has 35 heavy (non-hydrogen) atoms. The number of ether oxygens (including phenoxy) is 2. The predicted molar refractivity (Wildman–Crippen MR) is 132 cm³/mol. The quantitative estimate of drug-likeness (QED) is 0.303. The minimum atomic E-state index is -0.647. The lowest BCUT2D eigenvalue weighted by Crippen LogP contribution is -2.32. The van der Waals surface area contributed by atoms with E-state index in [1.165, 1.54) is 24.9 Å². The highest BCUT2D eigenvalue weighted by Crippen LogP contribution is 2.34. The molecule has 3 rings (SSSR count). The summed E-state index contributed by atoms with van der Waals surface area (Å²) in [5.74, 6) is -0.995. The number of likely N-dealkylation sites (tertiary alicyclic amines) is 1. The molecule has 2 heterocycles. The van der Waals surface area contributed by atoms with Gasteiger partial charge in [-0.25, -0.2) is 0 Å². The first kappa shape index (κ1) is 26.1. The topological polar surface area (TPSA) is 137 Å². The van der Waals surface area contributed by atoms with Gasteiger partial charge >= 0.3 is 17.7 Å². The zero-order valence-corrected chi connectivity index (χ0v) is 20.8. The Morgan fingerprint density at radius 2 is 1.91 bits per heavy atom. The van der Waals surface area contributed by atoms with Crippen molar-refractivity contribution in [3.05, 3.63) is 45.5 Å². The molecular weight excluding hydrogens is 452 g/mol. The minimum absolute atomic E-state index is 0.0873. The largest absolute Gasteiger partial charge is 0.468 e. The van der Waals surface area contributed by atoms with Gasteiger partial charge in [0, 0.05) is 13.1 Å². The van der Waals surface area contributed by atoms with Gasteiger partial charge in [-0.3, -0.25) is 19.8 Å². The highest BCUT2D eigenvalue weighted by atomic mass is 16.6. The molecule has 1 fully saturated rings. The van der Waals surface area contributed by atoms with Crippen LogP contribution in [0.2, 0.25) is 0 Å². The van der Waals surface area contributed by atoms with Gasteiger partial charge in [0.2, 0.25) is 11.6 Å². The maximum absolute atomic E-state index is 12.2. The summed E-state index contributed by atoms with van der Waals surface area (Å²) in [6, 6.07) is 7.85. The standard InChI is InChI=1S/C24H34N6O5/c1-24(2,3)16-35-23-26-21(25)20(30(32)33)22(27-23)29(15-19(31)34-4)14-18-9-7-8-17(12-18)13-28-10-5-6-11-28/h7-9,12H,5-6,10-11,13-16H2,1-4H3,(H2,25,26,27). The monoisotopic (exact) mass is 486 g/mol. The minimum Gasteiger partial charge on any atom is -0.468 e. The van der Waals surface area contributed by atoms with Crippen LogP contribution < -0.4 is 15.4 Å². The fourth-order valence-electron chi connectivity index (χ4n) is 3.85. The van der Waals surface area contributed by atoms with E-state index in [1.807, 2.05) is 39.0 Å². The number of benzene rings is 1. The number of carbonyl (C=O) groups is 1. The van der Waals surface area contributed by atoms with Crippen molar-refractivity contribution < 1.29 is 19.2 Å². The molecule has 0 amide bonds. The fraction of sp³-hybridized carbons (Fsp3) is 0.542. The summed E-state index contributed by atoms with van der Waals surface area (Å²) in [6.07, 6.45) is 2.40. The van der Waals surface area contributed by atoms with E-state index in [2.05, 4.69) is 20.9 Å². The number of nitrogen functional groups attached to an aromatic ring is 1. The second-order valence-electron chi connectivity index (χ2n) is 9.91. The number of esters is 1. The molecule has 1 aromatic heterocycles. The molecule has 1 saturated heterocycles. The molecule has 2 aromatic rings. The van der Waals surface area contributed by atoms with Gasteiger partial charge in [0.05, 0.1) is 18.6 Å². The summed E-state index contributed by atoms with van der Waals surface area (Å²) in [7, 11) is 1.26. The average Bonchev–Trinajstić information content (AvgIpc) is 3.29. The predicted octanol–water partition coefficient (Wildman–Crippen LogP) is 3.17. The first-order valence-electron chi connectivity index (χ1n) is 11.6. The van der Waals surface area contributed by atoms with Gasteiger partial charge in [-0.05, 0) is 42.5 Å². The van der Waals surface area contributed by atoms with E-state index in [0.29, 0.717) is 0 Å². The molecule has 0 spiro atoms. The smallest absolute Gasteiger partial charge is 0.353 e. The van der Waals surface area contributed by atoms with Gasteiger partial charge in [0.15, 0.2) is 0 Å². The molecule has 0 unspecified atom stereocenters. The maximum atomic E-state index is 12.2. The lowest BCUT2D eigenvalue weighted by atomic mass is 9.99. The van der Waals surface area contributed by atoms with Crippen LogP contribution in [0.1, 0.15) is 44.7 Å². The van der Waals surface area contributed by atoms with E-state index in [0.717, 1.165) is 30.8 Å². The summed E-state index contributed by atoms with van der Waals surface area (Å²) >= 11 is 0. The number of carbonyl (C=O) groups excluding carboxylic acids is 1. The Bertz CT molecular complexity index is 1050. The highest BCUT2D eigenvalue weighted by Gasteiger charge is 2.30. The number of aromatic nitrogens is 2.